The van der Waals surface area contributed by atoms with Crippen molar-refractivity contribution in [3.8, 4) is 0 Å². The van der Waals surface area contributed by atoms with E-state index in [-0.39, 0.29) is 0 Å². The van der Waals surface area contributed by atoms with E-state index in [4.69, 9.17) is 0 Å². The van der Waals surface area contributed by atoms with Crippen LogP contribution in [0.3, 0.4) is 0 Å². The van der Waals surface area contributed by atoms with E-state index in [0.29, 0.717) is 12.5 Å². The molecule has 1 fully saturated rings. The lowest BCUT2D eigenvalue weighted by Crippen LogP contribution is -2.15. The Morgan fingerprint density at radius 3 is 3.10 bits per heavy atom. The summed E-state index contributed by atoms with van der Waals surface area (Å²) in [6, 6.07) is 0. The molecule has 1 aliphatic heterocycles. The SMILES string of the molecule is CN1CCC(CN=C=O)C1. The summed E-state index contributed by atoms with van der Waals surface area (Å²) >= 11 is 0. The first-order valence-electron chi connectivity index (χ1n) is 3.55. The molecule has 1 heterocycles. The first-order valence-corrected chi connectivity index (χ1v) is 3.55. The molecule has 0 aromatic rings. The molecule has 0 aromatic carbocycles. The summed E-state index contributed by atoms with van der Waals surface area (Å²) in [5.74, 6) is 0.589. The summed E-state index contributed by atoms with van der Waals surface area (Å²) in [6.45, 7) is 2.87. The van der Waals surface area contributed by atoms with E-state index in [2.05, 4.69) is 16.9 Å². The molecule has 3 heteroatoms. The maximum atomic E-state index is 9.74. The zero-order valence-corrected chi connectivity index (χ0v) is 6.21. The van der Waals surface area contributed by atoms with Crippen LogP contribution in [0.4, 0.5) is 0 Å². The van der Waals surface area contributed by atoms with Gasteiger partial charge in [0.15, 0.2) is 0 Å². The third-order valence-electron chi connectivity index (χ3n) is 1.90. The maximum Gasteiger partial charge on any atom is 0.234 e. The standard InChI is InChI=1S/C7H12N2O/c1-9-3-2-7(5-9)4-8-6-10/h7H,2-5H2,1H3. The number of carbonyl (C=O) groups excluding carboxylic acids is 1. The normalized spacial score (nSPS) is 26.3. The molecule has 10 heavy (non-hydrogen) atoms. The second-order valence-electron chi connectivity index (χ2n) is 2.85. The zero-order valence-electron chi connectivity index (χ0n) is 6.21. The van der Waals surface area contributed by atoms with Gasteiger partial charge in [-0.15, -0.1) is 0 Å². The van der Waals surface area contributed by atoms with Crippen LogP contribution in [0.15, 0.2) is 4.99 Å². The highest BCUT2D eigenvalue weighted by molar-refractivity contribution is 5.32. The smallest absolute Gasteiger partial charge is 0.234 e. The minimum atomic E-state index is 0.589. The summed E-state index contributed by atoms with van der Waals surface area (Å²) < 4.78 is 0. The van der Waals surface area contributed by atoms with Crippen molar-refractivity contribution in [2.75, 3.05) is 26.7 Å². The molecule has 0 aliphatic carbocycles. The molecule has 3 nitrogen and oxygen atoms in total. The molecule has 56 valence electrons. The van der Waals surface area contributed by atoms with Crippen LogP contribution >= 0.6 is 0 Å². The maximum absolute atomic E-state index is 9.74. The van der Waals surface area contributed by atoms with Crippen molar-refractivity contribution in [2.24, 2.45) is 10.9 Å². The molecule has 0 bridgehead atoms. The van der Waals surface area contributed by atoms with Crippen LogP contribution in [0, 0.1) is 5.92 Å². The Bertz CT molecular complexity index is 152. The Morgan fingerprint density at radius 2 is 2.60 bits per heavy atom. The van der Waals surface area contributed by atoms with Gasteiger partial charge in [0.05, 0.1) is 6.54 Å². The third kappa shape index (κ3) is 1.94. The van der Waals surface area contributed by atoms with Crippen molar-refractivity contribution in [1.82, 2.24) is 4.90 Å². The van der Waals surface area contributed by atoms with E-state index in [0.717, 1.165) is 13.1 Å². The van der Waals surface area contributed by atoms with Crippen molar-refractivity contribution in [3.63, 3.8) is 0 Å². The van der Waals surface area contributed by atoms with Gasteiger partial charge in [-0.05, 0) is 25.9 Å². The fourth-order valence-electron chi connectivity index (χ4n) is 1.34. The average molecular weight is 140 g/mol. The first-order chi connectivity index (χ1) is 4.83. The van der Waals surface area contributed by atoms with Crippen LogP contribution in [0.1, 0.15) is 6.42 Å². The Hall–Kier alpha value is -0.660. The van der Waals surface area contributed by atoms with E-state index in [9.17, 15) is 4.79 Å². The molecule has 0 saturated carbocycles. The molecule has 1 aliphatic rings. The van der Waals surface area contributed by atoms with Gasteiger partial charge in [-0.2, -0.15) is 0 Å². The highest BCUT2D eigenvalue weighted by Gasteiger charge is 2.18. The number of hydrogen-bond donors (Lipinski definition) is 0. The van der Waals surface area contributed by atoms with E-state index < -0.39 is 0 Å². The molecule has 0 amide bonds. The van der Waals surface area contributed by atoms with Gasteiger partial charge in [0.25, 0.3) is 0 Å². The number of rotatable bonds is 2. The van der Waals surface area contributed by atoms with Crippen LogP contribution < -0.4 is 0 Å². The van der Waals surface area contributed by atoms with Gasteiger partial charge in [-0.25, -0.2) is 9.79 Å². The molecule has 0 radical (unpaired) electrons. The fourth-order valence-corrected chi connectivity index (χ4v) is 1.34. The molecule has 0 aromatic heterocycles. The van der Waals surface area contributed by atoms with Crippen molar-refractivity contribution < 1.29 is 4.79 Å². The molecular formula is C7H12N2O. The van der Waals surface area contributed by atoms with E-state index >= 15 is 0 Å². The predicted molar refractivity (Wildman–Crippen MR) is 38.6 cm³/mol. The summed E-state index contributed by atoms with van der Waals surface area (Å²) in [6.07, 6.45) is 2.73. The molecule has 0 spiro atoms. The number of isocyanates is 1. The number of likely N-dealkylation sites (tertiary alicyclic amines) is 1. The van der Waals surface area contributed by atoms with Crippen LogP contribution in [0.25, 0.3) is 0 Å². The van der Waals surface area contributed by atoms with Gasteiger partial charge in [0, 0.05) is 6.54 Å². The van der Waals surface area contributed by atoms with E-state index in [1.807, 2.05) is 0 Å². The number of hydrogen-bond acceptors (Lipinski definition) is 3. The van der Waals surface area contributed by atoms with Gasteiger partial charge in [-0.1, -0.05) is 0 Å². The summed E-state index contributed by atoms with van der Waals surface area (Å²) in [7, 11) is 2.09. The Kier molecular flexibility index (Phi) is 2.60. The van der Waals surface area contributed by atoms with Crippen molar-refractivity contribution in [1.29, 1.82) is 0 Å². The number of nitrogens with zero attached hydrogens (tertiary/aromatic N) is 2. The van der Waals surface area contributed by atoms with Gasteiger partial charge in [0.1, 0.15) is 0 Å². The highest BCUT2D eigenvalue weighted by atomic mass is 16.1. The zero-order chi connectivity index (χ0) is 7.40. The van der Waals surface area contributed by atoms with Gasteiger partial charge >= 0.3 is 0 Å². The van der Waals surface area contributed by atoms with Crippen LogP contribution in [-0.2, 0) is 4.79 Å². The minimum Gasteiger partial charge on any atom is -0.306 e. The van der Waals surface area contributed by atoms with Crippen molar-refractivity contribution in [3.05, 3.63) is 0 Å². The second kappa shape index (κ2) is 3.49. The van der Waals surface area contributed by atoms with Crippen LogP contribution in [0.5, 0.6) is 0 Å². The van der Waals surface area contributed by atoms with Gasteiger partial charge < -0.3 is 4.90 Å². The molecule has 1 atom stereocenters. The second-order valence-corrected chi connectivity index (χ2v) is 2.85. The molecular weight excluding hydrogens is 128 g/mol. The summed E-state index contributed by atoms with van der Waals surface area (Å²) in [5.41, 5.74) is 0. The fraction of sp³-hybridized carbons (Fsp3) is 0.857. The van der Waals surface area contributed by atoms with Crippen molar-refractivity contribution in [2.45, 2.75) is 6.42 Å². The lowest BCUT2D eigenvalue weighted by atomic mass is 10.1. The molecule has 0 N–H and O–H groups in total. The predicted octanol–water partition coefficient (Wildman–Crippen LogP) is 0.274. The van der Waals surface area contributed by atoms with Crippen LogP contribution in [0.2, 0.25) is 0 Å². The largest absolute Gasteiger partial charge is 0.306 e. The Balaban J connectivity index is 2.24. The number of aliphatic imine (C=N–C) groups is 1. The third-order valence-corrected chi connectivity index (χ3v) is 1.90. The van der Waals surface area contributed by atoms with Crippen LogP contribution in [-0.4, -0.2) is 37.7 Å². The average Bonchev–Trinajstić information content (AvgIpc) is 2.31. The lowest BCUT2D eigenvalue weighted by Gasteiger charge is -2.05. The van der Waals surface area contributed by atoms with Gasteiger partial charge in [0.2, 0.25) is 6.08 Å². The Morgan fingerprint density at radius 1 is 1.80 bits per heavy atom. The van der Waals surface area contributed by atoms with Crippen molar-refractivity contribution >= 4 is 6.08 Å². The minimum absolute atomic E-state index is 0.589. The Labute approximate surface area is 60.7 Å². The quantitative estimate of drug-likeness (QED) is 0.407. The summed E-state index contributed by atoms with van der Waals surface area (Å²) in [4.78, 5) is 15.5. The molecule has 1 unspecified atom stereocenters. The molecule has 1 saturated heterocycles. The highest BCUT2D eigenvalue weighted by Crippen LogP contribution is 2.13. The lowest BCUT2D eigenvalue weighted by molar-refractivity contribution is 0.397. The van der Waals surface area contributed by atoms with E-state index in [1.54, 1.807) is 6.08 Å². The first kappa shape index (κ1) is 7.45. The monoisotopic (exact) mass is 140 g/mol. The topological polar surface area (TPSA) is 32.7 Å². The van der Waals surface area contributed by atoms with Gasteiger partial charge in [-0.3, -0.25) is 0 Å². The summed E-state index contributed by atoms with van der Waals surface area (Å²) in [5, 5.41) is 0. The molecule has 1 rings (SSSR count). The van der Waals surface area contributed by atoms with E-state index in [1.165, 1.54) is 6.42 Å².